The summed E-state index contributed by atoms with van der Waals surface area (Å²) in [5.74, 6) is -0.388. The molecule has 7 heteroatoms. The Bertz CT molecular complexity index is 446. The van der Waals surface area contributed by atoms with Crippen molar-refractivity contribution in [1.29, 1.82) is 0 Å². The number of unbranched alkanes of at least 4 members (excludes halogenated alkanes) is 14. The van der Waals surface area contributed by atoms with Gasteiger partial charge < -0.3 is 29.9 Å². The minimum absolute atomic E-state index is 0.264. The first-order chi connectivity index (χ1) is 15.0. The summed E-state index contributed by atoms with van der Waals surface area (Å²) in [6.07, 6.45) is 12.0. The van der Waals surface area contributed by atoms with E-state index in [4.69, 9.17) is 9.47 Å². The first kappa shape index (κ1) is 28.3. The fourth-order valence-electron chi connectivity index (χ4n) is 3.96. The van der Waals surface area contributed by atoms with E-state index in [-0.39, 0.29) is 12.6 Å². The molecule has 31 heavy (non-hydrogen) atoms. The molecule has 0 amide bonds. The van der Waals surface area contributed by atoms with Gasteiger partial charge in [0.15, 0.2) is 6.29 Å². The van der Waals surface area contributed by atoms with Crippen molar-refractivity contribution in [2.24, 2.45) is 0 Å². The second kappa shape index (κ2) is 17.8. The topological polar surface area (TPSA) is 116 Å². The molecule has 0 aliphatic carbocycles. The van der Waals surface area contributed by atoms with Crippen LogP contribution >= 0.6 is 0 Å². The Morgan fingerprint density at radius 3 is 1.61 bits per heavy atom. The molecule has 5 atom stereocenters. The lowest BCUT2D eigenvalue weighted by Crippen LogP contribution is -2.58. The first-order valence-electron chi connectivity index (χ1n) is 12.5. The molecule has 1 heterocycles. The molecule has 1 aliphatic heterocycles. The van der Waals surface area contributed by atoms with E-state index in [9.17, 15) is 25.2 Å². The number of carbonyl (C=O) groups excluding carboxylic acids is 1. The Labute approximate surface area is 188 Å². The molecule has 4 N–H and O–H groups in total. The summed E-state index contributed by atoms with van der Waals surface area (Å²) in [5, 5.41) is 38.3. The van der Waals surface area contributed by atoms with E-state index in [1.807, 2.05) is 0 Å². The standard InChI is InChI=1S/C24H46O7/c1-2-3-4-5-6-7-8-9-10-11-12-13-14-15-16-17-20(25)30-18-19-21(26)22(27)23(28)24(29)31-19/h19,21-24,26-29H,2-18H2,1H3. The summed E-state index contributed by atoms with van der Waals surface area (Å²) >= 11 is 0. The van der Waals surface area contributed by atoms with Gasteiger partial charge in [0.2, 0.25) is 0 Å². The van der Waals surface area contributed by atoms with Gasteiger partial charge in [0.1, 0.15) is 31.0 Å². The van der Waals surface area contributed by atoms with Gasteiger partial charge in [-0.3, -0.25) is 4.79 Å². The van der Waals surface area contributed by atoms with E-state index in [2.05, 4.69) is 6.92 Å². The van der Waals surface area contributed by atoms with E-state index in [1.165, 1.54) is 77.0 Å². The molecular formula is C24H46O7. The predicted octanol–water partition coefficient (Wildman–Crippen LogP) is 3.59. The maximum absolute atomic E-state index is 11.8. The Kier molecular flexibility index (Phi) is 16.2. The zero-order chi connectivity index (χ0) is 22.9. The molecule has 1 saturated heterocycles. The number of carbonyl (C=O) groups is 1. The van der Waals surface area contributed by atoms with Gasteiger partial charge in [-0.2, -0.15) is 0 Å². The lowest BCUT2D eigenvalue weighted by atomic mass is 9.99. The SMILES string of the molecule is CCCCCCCCCCCCCCCCCC(=O)OCC1OC(O)C(O)C(O)C1O. The average molecular weight is 447 g/mol. The third kappa shape index (κ3) is 12.8. The molecule has 1 rings (SSSR count). The van der Waals surface area contributed by atoms with Crippen molar-refractivity contribution in [2.75, 3.05) is 6.61 Å². The van der Waals surface area contributed by atoms with Gasteiger partial charge in [-0.25, -0.2) is 0 Å². The molecule has 0 aromatic rings. The van der Waals surface area contributed by atoms with Crippen LogP contribution in [0.15, 0.2) is 0 Å². The van der Waals surface area contributed by atoms with Crippen LogP contribution in [-0.2, 0) is 14.3 Å². The van der Waals surface area contributed by atoms with Crippen molar-refractivity contribution in [1.82, 2.24) is 0 Å². The summed E-state index contributed by atoms with van der Waals surface area (Å²) in [4.78, 5) is 11.8. The van der Waals surface area contributed by atoms with E-state index >= 15 is 0 Å². The zero-order valence-electron chi connectivity index (χ0n) is 19.4. The number of aliphatic hydroxyl groups excluding tert-OH is 4. The minimum Gasteiger partial charge on any atom is -0.463 e. The van der Waals surface area contributed by atoms with Crippen LogP contribution in [0.1, 0.15) is 110 Å². The smallest absolute Gasteiger partial charge is 0.305 e. The van der Waals surface area contributed by atoms with Gasteiger partial charge in [0.25, 0.3) is 0 Å². The average Bonchev–Trinajstić information content (AvgIpc) is 2.76. The highest BCUT2D eigenvalue weighted by Gasteiger charge is 2.43. The highest BCUT2D eigenvalue weighted by atomic mass is 16.6. The molecular weight excluding hydrogens is 400 g/mol. The third-order valence-electron chi connectivity index (χ3n) is 6.08. The Morgan fingerprint density at radius 1 is 0.677 bits per heavy atom. The molecule has 184 valence electrons. The zero-order valence-corrected chi connectivity index (χ0v) is 19.4. The summed E-state index contributed by atoms with van der Waals surface area (Å²) in [6, 6.07) is 0. The number of esters is 1. The number of rotatable bonds is 18. The molecule has 0 radical (unpaired) electrons. The lowest BCUT2D eigenvalue weighted by molar-refractivity contribution is -0.287. The maximum atomic E-state index is 11.8. The van der Waals surface area contributed by atoms with Gasteiger partial charge in [0, 0.05) is 6.42 Å². The molecule has 0 saturated carbocycles. The van der Waals surface area contributed by atoms with E-state index in [1.54, 1.807) is 0 Å². The van der Waals surface area contributed by atoms with Crippen LogP contribution in [0.5, 0.6) is 0 Å². The minimum atomic E-state index is -1.61. The monoisotopic (exact) mass is 446 g/mol. The highest BCUT2D eigenvalue weighted by molar-refractivity contribution is 5.69. The van der Waals surface area contributed by atoms with Gasteiger partial charge in [-0.1, -0.05) is 96.8 Å². The van der Waals surface area contributed by atoms with Crippen LogP contribution in [0.3, 0.4) is 0 Å². The Hall–Kier alpha value is -0.730. The first-order valence-corrected chi connectivity index (χ1v) is 12.5. The highest BCUT2D eigenvalue weighted by Crippen LogP contribution is 2.20. The second-order valence-corrected chi connectivity index (χ2v) is 8.92. The predicted molar refractivity (Wildman–Crippen MR) is 119 cm³/mol. The van der Waals surface area contributed by atoms with Crippen LogP contribution < -0.4 is 0 Å². The largest absolute Gasteiger partial charge is 0.463 e. The lowest BCUT2D eigenvalue weighted by Gasteiger charge is -2.37. The summed E-state index contributed by atoms with van der Waals surface area (Å²) in [5.41, 5.74) is 0. The summed E-state index contributed by atoms with van der Waals surface area (Å²) in [7, 11) is 0. The molecule has 5 unspecified atom stereocenters. The van der Waals surface area contributed by atoms with Crippen LogP contribution in [0.2, 0.25) is 0 Å². The Balaban J connectivity index is 1.89. The van der Waals surface area contributed by atoms with Gasteiger partial charge >= 0.3 is 5.97 Å². The fourth-order valence-corrected chi connectivity index (χ4v) is 3.96. The summed E-state index contributed by atoms with van der Waals surface area (Å²) < 4.78 is 10.1. The number of ether oxygens (including phenoxy) is 2. The molecule has 0 spiro atoms. The van der Waals surface area contributed by atoms with E-state index in [0.29, 0.717) is 6.42 Å². The number of hydrogen-bond donors (Lipinski definition) is 4. The quantitative estimate of drug-likeness (QED) is 0.188. The van der Waals surface area contributed by atoms with Crippen LogP contribution in [0, 0.1) is 0 Å². The summed E-state index contributed by atoms with van der Waals surface area (Å²) in [6.45, 7) is 1.99. The molecule has 7 nitrogen and oxygen atoms in total. The van der Waals surface area contributed by atoms with E-state index < -0.39 is 30.7 Å². The maximum Gasteiger partial charge on any atom is 0.305 e. The van der Waals surface area contributed by atoms with Crippen molar-refractivity contribution < 1.29 is 34.7 Å². The molecule has 0 bridgehead atoms. The van der Waals surface area contributed by atoms with Crippen LogP contribution in [0.25, 0.3) is 0 Å². The van der Waals surface area contributed by atoms with Crippen LogP contribution in [0.4, 0.5) is 0 Å². The molecule has 0 aromatic carbocycles. The van der Waals surface area contributed by atoms with Crippen molar-refractivity contribution in [3.63, 3.8) is 0 Å². The fraction of sp³-hybridized carbons (Fsp3) is 0.958. The molecule has 1 aliphatic rings. The Morgan fingerprint density at radius 2 is 1.13 bits per heavy atom. The van der Waals surface area contributed by atoms with Crippen molar-refractivity contribution >= 4 is 5.97 Å². The van der Waals surface area contributed by atoms with E-state index in [0.717, 1.165) is 19.3 Å². The van der Waals surface area contributed by atoms with Crippen molar-refractivity contribution in [3.8, 4) is 0 Å². The van der Waals surface area contributed by atoms with Gasteiger partial charge in [-0.15, -0.1) is 0 Å². The van der Waals surface area contributed by atoms with Crippen molar-refractivity contribution in [3.05, 3.63) is 0 Å². The number of aliphatic hydroxyl groups is 4. The number of hydrogen-bond acceptors (Lipinski definition) is 7. The van der Waals surface area contributed by atoms with Gasteiger partial charge in [-0.05, 0) is 6.42 Å². The third-order valence-corrected chi connectivity index (χ3v) is 6.08. The molecule has 0 aromatic heterocycles. The normalized spacial score (nSPS) is 26.2. The van der Waals surface area contributed by atoms with Crippen molar-refractivity contribution in [2.45, 2.75) is 140 Å². The van der Waals surface area contributed by atoms with Crippen LogP contribution in [-0.4, -0.2) is 63.7 Å². The second-order valence-electron chi connectivity index (χ2n) is 8.92. The van der Waals surface area contributed by atoms with Gasteiger partial charge in [0.05, 0.1) is 0 Å². The molecule has 1 fully saturated rings.